The molecule has 7 heteroatoms. The number of nitrogens with one attached hydrogen (secondary N) is 1. The Morgan fingerprint density at radius 1 is 1.50 bits per heavy atom. The number of H-pyrrole nitrogens is 1. The number of rotatable bonds is 3. The van der Waals surface area contributed by atoms with Crippen LogP contribution in [0.15, 0.2) is 11.6 Å². The standard InChI is InChI=1S/C11H13N5S2/c1-7-9-10(15(2)14-7)16(11(17)13-9)5-3-8-12-4-6-18-8/h4,6H,3,5H2,1-2H3,(H,13,17). The molecule has 94 valence electrons. The molecule has 3 rings (SSSR count). The summed E-state index contributed by atoms with van der Waals surface area (Å²) in [6, 6.07) is 0. The van der Waals surface area contributed by atoms with Crippen molar-refractivity contribution in [3.8, 4) is 0 Å². The van der Waals surface area contributed by atoms with Crippen LogP contribution in [0.5, 0.6) is 0 Å². The van der Waals surface area contributed by atoms with E-state index in [-0.39, 0.29) is 0 Å². The molecule has 0 saturated carbocycles. The summed E-state index contributed by atoms with van der Waals surface area (Å²) < 4.78 is 4.71. The Balaban J connectivity index is 2.00. The van der Waals surface area contributed by atoms with E-state index in [1.54, 1.807) is 11.3 Å². The number of aromatic nitrogens is 5. The molecule has 0 radical (unpaired) electrons. The van der Waals surface area contributed by atoms with Gasteiger partial charge in [-0.05, 0) is 19.1 Å². The smallest absolute Gasteiger partial charge is 0.179 e. The molecule has 3 heterocycles. The van der Waals surface area contributed by atoms with Gasteiger partial charge in [0.1, 0.15) is 5.52 Å². The lowest BCUT2D eigenvalue weighted by molar-refractivity contribution is 0.663. The van der Waals surface area contributed by atoms with E-state index in [4.69, 9.17) is 12.2 Å². The van der Waals surface area contributed by atoms with Gasteiger partial charge in [0.2, 0.25) is 0 Å². The fourth-order valence-electron chi connectivity index (χ4n) is 2.16. The second kappa shape index (κ2) is 4.33. The number of aromatic amines is 1. The fraction of sp³-hybridized carbons (Fsp3) is 0.364. The Morgan fingerprint density at radius 3 is 3.06 bits per heavy atom. The highest BCUT2D eigenvalue weighted by Crippen LogP contribution is 2.17. The summed E-state index contributed by atoms with van der Waals surface area (Å²) in [5, 5.41) is 7.53. The molecule has 5 nitrogen and oxygen atoms in total. The Labute approximate surface area is 113 Å². The predicted molar refractivity (Wildman–Crippen MR) is 74.4 cm³/mol. The van der Waals surface area contributed by atoms with E-state index >= 15 is 0 Å². The summed E-state index contributed by atoms with van der Waals surface area (Å²) in [7, 11) is 1.94. The highest BCUT2D eigenvalue weighted by molar-refractivity contribution is 7.71. The van der Waals surface area contributed by atoms with Gasteiger partial charge in [-0.2, -0.15) is 5.10 Å². The highest BCUT2D eigenvalue weighted by atomic mass is 32.1. The number of hydrogen-bond acceptors (Lipinski definition) is 4. The third-order valence-corrected chi connectivity index (χ3v) is 4.12. The first-order chi connectivity index (χ1) is 8.66. The van der Waals surface area contributed by atoms with Crippen LogP contribution < -0.4 is 0 Å². The average Bonchev–Trinajstić information content (AvgIpc) is 2.98. The number of thiazole rings is 1. The van der Waals surface area contributed by atoms with Crippen molar-refractivity contribution in [3.63, 3.8) is 0 Å². The van der Waals surface area contributed by atoms with Crippen LogP contribution >= 0.6 is 23.6 Å². The van der Waals surface area contributed by atoms with Crippen LogP contribution in [-0.4, -0.2) is 24.3 Å². The summed E-state index contributed by atoms with van der Waals surface area (Å²) in [5.74, 6) is 0. The van der Waals surface area contributed by atoms with E-state index in [1.807, 2.05) is 30.2 Å². The average molecular weight is 279 g/mol. The minimum absolute atomic E-state index is 0.748. The molecule has 18 heavy (non-hydrogen) atoms. The van der Waals surface area contributed by atoms with Gasteiger partial charge in [0.15, 0.2) is 10.4 Å². The van der Waals surface area contributed by atoms with Crippen LogP contribution in [0.1, 0.15) is 10.7 Å². The largest absolute Gasteiger partial charge is 0.328 e. The van der Waals surface area contributed by atoms with Gasteiger partial charge in [-0.15, -0.1) is 11.3 Å². The molecule has 0 aliphatic carbocycles. The summed E-state index contributed by atoms with van der Waals surface area (Å²) in [4.78, 5) is 7.52. The molecule has 0 saturated heterocycles. The van der Waals surface area contributed by atoms with E-state index < -0.39 is 0 Å². The topological polar surface area (TPSA) is 51.4 Å². The highest BCUT2D eigenvalue weighted by Gasteiger charge is 2.12. The third kappa shape index (κ3) is 1.79. The normalized spacial score (nSPS) is 11.4. The summed E-state index contributed by atoms with van der Waals surface area (Å²) >= 11 is 7.04. The molecule has 0 fully saturated rings. The molecule has 0 spiro atoms. The monoisotopic (exact) mass is 279 g/mol. The molecule has 0 aliphatic rings. The maximum absolute atomic E-state index is 5.37. The van der Waals surface area contributed by atoms with Crippen molar-refractivity contribution in [1.82, 2.24) is 24.3 Å². The summed E-state index contributed by atoms with van der Waals surface area (Å²) in [6.45, 7) is 2.81. The van der Waals surface area contributed by atoms with Crippen LogP contribution in [0.25, 0.3) is 11.2 Å². The number of aryl methyl sites for hydroxylation is 4. The van der Waals surface area contributed by atoms with Crippen molar-refractivity contribution in [2.45, 2.75) is 19.9 Å². The zero-order chi connectivity index (χ0) is 12.7. The van der Waals surface area contributed by atoms with Crippen LogP contribution in [0.4, 0.5) is 0 Å². The number of hydrogen-bond donors (Lipinski definition) is 1. The van der Waals surface area contributed by atoms with Gasteiger partial charge >= 0.3 is 0 Å². The lowest BCUT2D eigenvalue weighted by atomic mass is 10.4. The first-order valence-corrected chi connectivity index (χ1v) is 6.96. The molecule has 0 aromatic carbocycles. The first-order valence-electron chi connectivity index (χ1n) is 5.67. The minimum Gasteiger partial charge on any atom is -0.328 e. The van der Waals surface area contributed by atoms with Crippen molar-refractivity contribution in [1.29, 1.82) is 0 Å². The van der Waals surface area contributed by atoms with Crippen molar-refractivity contribution in [3.05, 3.63) is 27.0 Å². The van der Waals surface area contributed by atoms with E-state index in [0.717, 1.165) is 39.6 Å². The molecule has 3 aromatic heterocycles. The Hall–Kier alpha value is -1.47. The van der Waals surface area contributed by atoms with Crippen LogP contribution in [0, 0.1) is 11.7 Å². The van der Waals surface area contributed by atoms with E-state index in [0.29, 0.717) is 0 Å². The van der Waals surface area contributed by atoms with E-state index in [9.17, 15) is 0 Å². The van der Waals surface area contributed by atoms with Crippen LogP contribution in [0.3, 0.4) is 0 Å². The van der Waals surface area contributed by atoms with Gasteiger partial charge in [-0.1, -0.05) is 0 Å². The lowest BCUT2D eigenvalue weighted by Gasteiger charge is -2.02. The van der Waals surface area contributed by atoms with Crippen molar-refractivity contribution < 1.29 is 0 Å². The summed E-state index contributed by atoms with van der Waals surface area (Å²) in [5.41, 5.74) is 3.06. The molecule has 0 aliphatic heterocycles. The zero-order valence-corrected chi connectivity index (χ0v) is 11.8. The molecule has 3 aromatic rings. The van der Waals surface area contributed by atoms with E-state index in [2.05, 4.69) is 19.6 Å². The molecule has 0 amide bonds. The Bertz CT molecular complexity index is 731. The number of fused-ring (bicyclic) bond motifs is 1. The van der Waals surface area contributed by atoms with Crippen molar-refractivity contribution in [2.75, 3.05) is 0 Å². The first kappa shape index (κ1) is 11.6. The quantitative estimate of drug-likeness (QED) is 0.749. The third-order valence-electron chi connectivity index (χ3n) is 2.96. The lowest BCUT2D eigenvalue weighted by Crippen LogP contribution is -2.05. The second-order valence-electron chi connectivity index (χ2n) is 4.17. The van der Waals surface area contributed by atoms with Gasteiger partial charge in [-0.25, -0.2) is 4.98 Å². The maximum Gasteiger partial charge on any atom is 0.179 e. The minimum atomic E-state index is 0.748. The molecule has 0 atom stereocenters. The number of nitrogens with zero attached hydrogens (tertiary/aromatic N) is 4. The van der Waals surface area contributed by atoms with Crippen molar-refractivity contribution >= 4 is 34.7 Å². The van der Waals surface area contributed by atoms with E-state index in [1.165, 1.54) is 0 Å². The van der Waals surface area contributed by atoms with Crippen molar-refractivity contribution in [2.24, 2.45) is 7.05 Å². The van der Waals surface area contributed by atoms with Gasteiger partial charge < -0.3 is 9.55 Å². The zero-order valence-electron chi connectivity index (χ0n) is 10.2. The number of imidazole rings is 1. The second-order valence-corrected chi connectivity index (χ2v) is 5.53. The predicted octanol–water partition coefficient (Wildman–Crippen LogP) is 2.44. The Morgan fingerprint density at radius 2 is 2.33 bits per heavy atom. The van der Waals surface area contributed by atoms with Gasteiger partial charge in [-0.3, -0.25) is 4.68 Å². The Kier molecular flexibility index (Phi) is 2.79. The molecular formula is C11H13N5S2. The maximum atomic E-state index is 5.37. The summed E-state index contributed by atoms with van der Waals surface area (Å²) in [6.07, 6.45) is 2.73. The molecule has 1 N–H and O–H groups in total. The van der Waals surface area contributed by atoms with Gasteiger partial charge in [0.05, 0.1) is 10.7 Å². The molecule has 0 unspecified atom stereocenters. The molecular weight excluding hydrogens is 266 g/mol. The van der Waals surface area contributed by atoms with Gasteiger partial charge in [0, 0.05) is 31.6 Å². The van der Waals surface area contributed by atoms with Gasteiger partial charge in [0.25, 0.3) is 0 Å². The van der Waals surface area contributed by atoms with Crippen LogP contribution in [-0.2, 0) is 20.0 Å². The molecule has 0 bridgehead atoms. The van der Waals surface area contributed by atoms with Crippen LogP contribution in [0.2, 0.25) is 0 Å². The SMILES string of the molecule is Cc1nn(C)c2c1[nH]c(=S)n2CCc1nccs1. The fourth-order valence-corrected chi connectivity index (χ4v) is 3.05.